The molecule has 1 aromatic heterocycles. The summed E-state index contributed by atoms with van der Waals surface area (Å²) in [6, 6.07) is 8.54. The summed E-state index contributed by atoms with van der Waals surface area (Å²) in [5, 5.41) is 0.121. The third-order valence-corrected chi connectivity index (χ3v) is 5.12. The summed E-state index contributed by atoms with van der Waals surface area (Å²) in [4.78, 5) is 4.41. The van der Waals surface area contributed by atoms with E-state index in [9.17, 15) is 4.39 Å². The number of allylic oxidation sites excluding steroid dienone is 2. The zero-order valence-corrected chi connectivity index (χ0v) is 15.8. The van der Waals surface area contributed by atoms with Crippen LogP contribution in [0, 0.1) is 29.5 Å². The van der Waals surface area contributed by atoms with Crippen LogP contribution in [0.4, 0.5) is 4.39 Å². The maximum Gasteiger partial charge on any atom is 0.142 e. The first-order valence-corrected chi connectivity index (χ1v) is 9.63. The molecule has 3 rings (SSSR count). The zero-order valence-electron chi connectivity index (χ0n) is 15.0. The van der Waals surface area contributed by atoms with Crippen molar-refractivity contribution < 1.29 is 4.39 Å². The molecule has 0 radical (unpaired) electrons. The van der Waals surface area contributed by atoms with E-state index in [1.54, 1.807) is 18.3 Å². The molecule has 134 valence electrons. The monoisotopic (exact) mass is 367 g/mol. The number of hydrogen-bond acceptors (Lipinski definition) is 1. The van der Waals surface area contributed by atoms with Crippen molar-refractivity contribution in [1.82, 2.24) is 4.98 Å². The summed E-state index contributed by atoms with van der Waals surface area (Å²) < 4.78 is 13.6. The van der Waals surface area contributed by atoms with E-state index in [4.69, 9.17) is 11.6 Å². The Morgan fingerprint density at radius 1 is 1.19 bits per heavy atom. The highest BCUT2D eigenvalue weighted by molar-refractivity contribution is 6.30. The molecule has 1 aliphatic rings. The van der Waals surface area contributed by atoms with Gasteiger partial charge in [0.1, 0.15) is 5.82 Å². The van der Waals surface area contributed by atoms with Crippen LogP contribution in [0.5, 0.6) is 0 Å². The highest BCUT2D eigenvalue weighted by atomic mass is 35.5. The maximum absolute atomic E-state index is 13.6. The van der Waals surface area contributed by atoms with Gasteiger partial charge < -0.3 is 0 Å². The van der Waals surface area contributed by atoms with Gasteiger partial charge in [-0.15, -0.1) is 0 Å². The van der Waals surface area contributed by atoms with Crippen molar-refractivity contribution in [2.45, 2.75) is 39.0 Å². The van der Waals surface area contributed by atoms with Crippen molar-refractivity contribution >= 4 is 11.6 Å². The Labute approximate surface area is 160 Å². The molecule has 0 bridgehead atoms. The fraction of sp³-hybridized carbons (Fsp3) is 0.348. The Balaban J connectivity index is 1.61. The smallest absolute Gasteiger partial charge is 0.142 e. The minimum absolute atomic E-state index is 0.121. The number of nitrogens with zero attached hydrogens (tertiary/aromatic N) is 1. The minimum Gasteiger partial charge on any atom is -0.255 e. The average Bonchev–Trinajstić information content (AvgIpc) is 2.68. The Morgan fingerprint density at radius 3 is 2.65 bits per heavy atom. The van der Waals surface area contributed by atoms with Gasteiger partial charge in [0.15, 0.2) is 0 Å². The minimum atomic E-state index is -0.431. The van der Waals surface area contributed by atoms with Crippen molar-refractivity contribution in [2.24, 2.45) is 11.8 Å². The second-order valence-corrected chi connectivity index (χ2v) is 7.19. The normalized spacial score (nSPS) is 20.0. The quantitative estimate of drug-likeness (QED) is 0.436. The van der Waals surface area contributed by atoms with Crippen molar-refractivity contribution in [1.29, 1.82) is 0 Å². The van der Waals surface area contributed by atoms with Crippen LogP contribution >= 0.6 is 11.6 Å². The van der Waals surface area contributed by atoms with E-state index in [0.29, 0.717) is 17.2 Å². The van der Waals surface area contributed by atoms with Crippen LogP contribution in [-0.4, -0.2) is 4.98 Å². The Kier molecular flexibility index (Phi) is 6.47. The van der Waals surface area contributed by atoms with Crippen LogP contribution in [0.25, 0.3) is 11.3 Å². The summed E-state index contributed by atoms with van der Waals surface area (Å²) in [6.07, 6.45) is 12.3. The molecule has 1 saturated carbocycles. The standard InChI is InChI=1S/C23H23ClFN/c1-2-3-4-17-5-7-18(8-6-17)9-10-19-11-14-23(26-16-19)20-12-13-21(24)22(25)15-20/h3-4,11-18H,2,5-8H2,1H3/b4-3+. The van der Waals surface area contributed by atoms with Gasteiger partial charge >= 0.3 is 0 Å². The second-order valence-electron chi connectivity index (χ2n) is 6.78. The third kappa shape index (κ3) is 4.96. The predicted molar refractivity (Wildman–Crippen MR) is 106 cm³/mol. The first-order valence-electron chi connectivity index (χ1n) is 9.25. The largest absolute Gasteiger partial charge is 0.255 e. The van der Waals surface area contributed by atoms with Crippen LogP contribution in [0.3, 0.4) is 0 Å². The Morgan fingerprint density at radius 2 is 2.00 bits per heavy atom. The van der Waals surface area contributed by atoms with Crippen molar-refractivity contribution in [3.63, 3.8) is 0 Å². The molecule has 1 aromatic carbocycles. The van der Waals surface area contributed by atoms with E-state index in [-0.39, 0.29) is 5.02 Å². The Hall–Kier alpha value is -2.11. The average molecular weight is 368 g/mol. The summed E-state index contributed by atoms with van der Waals surface area (Å²) in [7, 11) is 0. The first-order chi connectivity index (χ1) is 12.7. The molecule has 0 atom stereocenters. The number of pyridine rings is 1. The molecule has 0 amide bonds. The molecule has 2 aromatic rings. The number of aromatic nitrogens is 1. The van der Waals surface area contributed by atoms with E-state index in [2.05, 4.69) is 35.9 Å². The van der Waals surface area contributed by atoms with Crippen LogP contribution < -0.4 is 0 Å². The Bertz CT molecular complexity index is 822. The van der Waals surface area contributed by atoms with Gasteiger partial charge in [-0.05, 0) is 62.3 Å². The van der Waals surface area contributed by atoms with Crippen molar-refractivity contribution in [3.05, 3.63) is 65.1 Å². The van der Waals surface area contributed by atoms with Crippen LogP contribution in [0.15, 0.2) is 48.7 Å². The van der Waals surface area contributed by atoms with Gasteiger partial charge in [0, 0.05) is 23.2 Å². The maximum atomic E-state index is 13.6. The van der Waals surface area contributed by atoms with Gasteiger partial charge in [-0.25, -0.2) is 4.39 Å². The van der Waals surface area contributed by atoms with E-state index in [1.165, 1.54) is 31.7 Å². The van der Waals surface area contributed by atoms with Crippen LogP contribution in [-0.2, 0) is 0 Å². The SMILES string of the molecule is CC/C=C/C1CCC(C#Cc2ccc(-c3ccc(Cl)c(F)c3)nc2)CC1. The highest BCUT2D eigenvalue weighted by Gasteiger charge is 2.17. The van der Waals surface area contributed by atoms with E-state index in [1.807, 2.05) is 12.1 Å². The molecule has 3 heteroatoms. The topological polar surface area (TPSA) is 12.9 Å². The van der Waals surface area contributed by atoms with Crippen LogP contribution in [0.2, 0.25) is 5.02 Å². The van der Waals surface area contributed by atoms with Gasteiger partial charge in [-0.3, -0.25) is 4.98 Å². The lowest BCUT2D eigenvalue weighted by atomic mass is 9.82. The lowest BCUT2D eigenvalue weighted by Crippen LogP contribution is -2.11. The van der Waals surface area contributed by atoms with Gasteiger partial charge in [-0.2, -0.15) is 0 Å². The number of benzene rings is 1. The summed E-state index contributed by atoms with van der Waals surface area (Å²) in [6.45, 7) is 2.18. The molecule has 0 N–H and O–H groups in total. The molecule has 1 aliphatic carbocycles. The molecule has 0 spiro atoms. The van der Waals surface area contributed by atoms with Crippen molar-refractivity contribution in [2.75, 3.05) is 0 Å². The number of rotatable bonds is 3. The molecule has 26 heavy (non-hydrogen) atoms. The van der Waals surface area contributed by atoms with Crippen molar-refractivity contribution in [3.8, 4) is 23.1 Å². The van der Waals surface area contributed by atoms with Gasteiger partial charge in [0.05, 0.1) is 10.7 Å². The fourth-order valence-corrected chi connectivity index (χ4v) is 3.38. The first kappa shape index (κ1) is 18.7. The molecular formula is C23H23ClFN. The summed E-state index contributed by atoms with van der Waals surface area (Å²) in [5.74, 6) is 7.42. The molecule has 0 saturated heterocycles. The van der Waals surface area contributed by atoms with Gasteiger partial charge in [0.25, 0.3) is 0 Å². The van der Waals surface area contributed by atoms with E-state index < -0.39 is 5.82 Å². The molecule has 1 fully saturated rings. The lowest BCUT2D eigenvalue weighted by molar-refractivity contribution is 0.364. The molecule has 1 nitrogen and oxygen atoms in total. The number of halogens is 2. The summed E-state index contributed by atoms with van der Waals surface area (Å²) in [5.41, 5.74) is 2.33. The van der Waals surface area contributed by atoms with E-state index >= 15 is 0 Å². The highest BCUT2D eigenvalue weighted by Crippen LogP contribution is 2.29. The zero-order chi connectivity index (χ0) is 18.4. The number of hydrogen-bond donors (Lipinski definition) is 0. The van der Waals surface area contributed by atoms with E-state index in [0.717, 1.165) is 17.9 Å². The van der Waals surface area contributed by atoms with Gasteiger partial charge in [-0.1, -0.05) is 48.6 Å². The lowest BCUT2D eigenvalue weighted by Gasteiger charge is -2.23. The predicted octanol–water partition coefficient (Wildman–Crippen LogP) is 6.67. The molecule has 0 unspecified atom stereocenters. The molecular weight excluding hydrogens is 345 g/mol. The molecule has 0 aliphatic heterocycles. The molecule has 1 heterocycles. The van der Waals surface area contributed by atoms with Crippen LogP contribution in [0.1, 0.15) is 44.6 Å². The second kappa shape index (κ2) is 9.01. The third-order valence-electron chi connectivity index (χ3n) is 4.82. The van der Waals surface area contributed by atoms with Gasteiger partial charge in [0.2, 0.25) is 0 Å². The summed E-state index contributed by atoms with van der Waals surface area (Å²) >= 11 is 5.72. The fourth-order valence-electron chi connectivity index (χ4n) is 3.26.